The zero-order chi connectivity index (χ0) is 30.7. The van der Waals surface area contributed by atoms with Gasteiger partial charge in [0.25, 0.3) is 0 Å². The number of morpholine rings is 1. The topological polar surface area (TPSA) is 150 Å². The van der Waals surface area contributed by atoms with Gasteiger partial charge in [-0.1, -0.05) is 38.2 Å². The van der Waals surface area contributed by atoms with E-state index >= 15 is 0 Å². The summed E-state index contributed by atoms with van der Waals surface area (Å²) in [5.41, 5.74) is 1.67. The average molecular weight is 592 g/mol. The summed E-state index contributed by atoms with van der Waals surface area (Å²) in [4.78, 5) is 27.3. The van der Waals surface area contributed by atoms with E-state index in [-0.39, 0.29) is 47.9 Å². The Morgan fingerprint density at radius 2 is 2.02 bits per heavy atom. The highest BCUT2D eigenvalue weighted by Gasteiger charge is 2.59. The van der Waals surface area contributed by atoms with Gasteiger partial charge in [-0.2, -0.15) is 5.10 Å². The molecule has 2 saturated carbocycles. The molecule has 6 atom stereocenters. The lowest BCUT2D eigenvalue weighted by Crippen LogP contribution is -2.61. The number of amides is 1. The first kappa shape index (κ1) is 29.7. The number of allylic oxidation sites excluding steroid dienone is 2. The first-order valence-electron chi connectivity index (χ1n) is 15.0. The molecule has 11 heteroatoms. The van der Waals surface area contributed by atoms with Crippen LogP contribution in [0.25, 0.3) is 6.08 Å². The molecule has 230 valence electrons. The Morgan fingerprint density at radius 3 is 2.74 bits per heavy atom. The van der Waals surface area contributed by atoms with E-state index in [1.807, 2.05) is 6.92 Å². The lowest BCUT2D eigenvalue weighted by Gasteiger charge is -2.62. The molecular formula is C32H41N5O6. The summed E-state index contributed by atoms with van der Waals surface area (Å²) in [5.74, 6) is -0.0481. The highest BCUT2D eigenvalue weighted by molar-refractivity contribution is 6.20. The van der Waals surface area contributed by atoms with Gasteiger partial charge in [0.2, 0.25) is 5.91 Å². The number of cyclic esters (lactones) is 1. The van der Waals surface area contributed by atoms with Crippen LogP contribution in [-0.4, -0.2) is 87.5 Å². The summed E-state index contributed by atoms with van der Waals surface area (Å²) >= 11 is 0. The second-order valence-electron chi connectivity index (χ2n) is 13.1. The SMILES string of the molecule is C=C1C(N2CCOCC2)CC2[C@](C)(CC[C@@H](O)[C@@]2(C)CO)C1/C=C/C1=CC(=C\c2nn(C)c3c2C(=N)CC(=O)N3)/OC1=O. The van der Waals surface area contributed by atoms with E-state index in [2.05, 4.69) is 34.9 Å². The van der Waals surface area contributed by atoms with Gasteiger partial charge >= 0.3 is 5.97 Å². The van der Waals surface area contributed by atoms with Gasteiger partial charge in [0.05, 0.1) is 49.2 Å². The maximum atomic E-state index is 13.0. The van der Waals surface area contributed by atoms with E-state index in [1.54, 1.807) is 25.3 Å². The molecule has 6 rings (SSSR count). The van der Waals surface area contributed by atoms with Crippen LogP contribution in [-0.2, 0) is 26.1 Å². The number of aromatic nitrogens is 2. The maximum absolute atomic E-state index is 13.0. The summed E-state index contributed by atoms with van der Waals surface area (Å²) in [5, 5.41) is 37.1. The van der Waals surface area contributed by atoms with Gasteiger partial charge in [0.15, 0.2) is 0 Å². The number of aliphatic hydroxyl groups is 2. The zero-order valence-corrected chi connectivity index (χ0v) is 25.1. The number of anilines is 1. The van der Waals surface area contributed by atoms with Gasteiger partial charge in [-0.15, -0.1) is 0 Å². The number of rotatable bonds is 5. The summed E-state index contributed by atoms with van der Waals surface area (Å²) in [6, 6.07) is 0.0684. The van der Waals surface area contributed by atoms with Crippen LogP contribution < -0.4 is 5.32 Å². The van der Waals surface area contributed by atoms with E-state index in [0.717, 1.165) is 31.5 Å². The fourth-order valence-corrected chi connectivity index (χ4v) is 8.13. The van der Waals surface area contributed by atoms with Gasteiger partial charge < -0.3 is 30.4 Å². The Hall–Kier alpha value is -3.38. The number of carbonyl (C=O) groups is 2. The molecule has 0 spiro atoms. The minimum atomic E-state index is -0.652. The molecule has 0 aromatic carbocycles. The van der Waals surface area contributed by atoms with E-state index < -0.39 is 17.5 Å². The molecule has 11 nitrogen and oxygen atoms in total. The summed E-state index contributed by atoms with van der Waals surface area (Å²) < 4.78 is 12.7. The molecular weight excluding hydrogens is 550 g/mol. The Bertz CT molecular complexity index is 1470. The molecule has 4 heterocycles. The van der Waals surface area contributed by atoms with E-state index in [0.29, 0.717) is 48.0 Å². The second-order valence-corrected chi connectivity index (χ2v) is 13.1. The predicted octanol–water partition coefficient (Wildman–Crippen LogP) is 2.56. The van der Waals surface area contributed by atoms with Crippen LogP contribution >= 0.6 is 0 Å². The third kappa shape index (κ3) is 4.92. The van der Waals surface area contributed by atoms with Gasteiger partial charge in [-0.3, -0.25) is 14.4 Å². The summed E-state index contributed by atoms with van der Waals surface area (Å²) in [6.45, 7) is 11.7. The lowest BCUT2D eigenvalue weighted by molar-refractivity contribution is -0.156. The first-order valence-corrected chi connectivity index (χ1v) is 15.0. The molecule has 43 heavy (non-hydrogen) atoms. The zero-order valence-electron chi connectivity index (χ0n) is 25.1. The van der Waals surface area contributed by atoms with Crippen molar-refractivity contribution in [1.29, 1.82) is 5.41 Å². The normalized spacial score (nSPS) is 36.0. The average Bonchev–Trinajstić information content (AvgIpc) is 3.48. The standard InChI is InChI=1S/C32H41N5O6/c1-18-21(31(2)8-7-26(39)32(3,17-38)25(31)16-24(18)37-9-11-42-12-10-37)6-5-19-13-20(43-30(19)41)14-23-28-22(33)15-27(40)34-29(28)36(4)35-23/h5-6,13-14,21,24-26,33,38-39H,1,7-12,15-17H2,2-4H3,(H,34,40)/b6-5+,20-14+,33-22?/t21?,24?,25?,26-,31-,32+/m1/s1. The van der Waals surface area contributed by atoms with Crippen LogP contribution in [0.3, 0.4) is 0 Å². The third-order valence-electron chi connectivity index (χ3n) is 10.6. The van der Waals surface area contributed by atoms with Crippen molar-refractivity contribution in [2.75, 3.05) is 38.2 Å². The molecule has 4 N–H and O–H groups in total. The van der Waals surface area contributed by atoms with Crippen LogP contribution in [0.4, 0.5) is 5.82 Å². The van der Waals surface area contributed by atoms with Gasteiger partial charge in [-0.05, 0) is 36.7 Å². The molecule has 3 unspecified atom stereocenters. The minimum absolute atomic E-state index is 0.0350. The lowest BCUT2D eigenvalue weighted by atomic mass is 9.45. The largest absolute Gasteiger partial charge is 0.423 e. The van der Waals surface area contributed by atoms with Crippen molar-refractivity contribution in [3.63, 3.8) is 0 Å². The molecule has 1 amide bonds. The van der Waals surface area contributed by atoms with Crippen LogP contribution in [0.2, 0.25) is 0 Å². The number of ether oxygens (including phenoxy) is 2. The molecule has 3 aliphatic heterocycles. The van der Waals surface area contributed by atoms with Crippen molar-refractivity contribution < 1.29 is 29.3 Å². The second kappa shape index (κ2) is 11.0. The number of aliphatic hydroxyl groups excluding tert-OH is 2. The van der Waals surface area contributed by atoms with Gasteiger partial charge in [0, 0.05) is 43.6 Å². The Balaban J connectivity index is 1.32. The number of carbonyl (C=O) groups excluding carboxylic acids is 2. The molecule has 3 fully saturated rings. The summed E-state index contributed by atoms with van der Waals surface area (Å²) in [7, 11) is 1.69. The monoisotopic (exact) mass is 591 g/mol. The van der Waals surface area contributed by atoms with Crippen molar-refractivity contribution in [1.82, 2.24) is 14.7 Å². The number of hydrogen-bond donors (Lipinski definition) is 4. The van der Waals surface area contributed by atoms with E-state index in [4.69, 9.17) is 14.9 Å². The predicted molar refractivity (Wildman–Crippen MR) is 160 cm³/mol. The number of nitrogens with zero attached hydrogens (tertiary/aromatic N) is 3. The van der Waals surface area contributed by atoms with Crippen LogP contribution in [0.5, 0.6) is 0 Å². The van der Waals surface area contributed by atoms with Crippen molar-refractivity contribution in [2.45, 2.75) is 51.7 Å². The van der Waals surface area contributed by atoms with Crippen molar-refractivity contribution in [3.05, 3.63) is 53.0 Å². The molecule has 2 aliphatic carbocycles. The van der Waals surface area contributed by atoms with Crippen LogP contribution in [0, 0.1) is 28.1 Å². The molecule has 0 bridgehead atoms. The Labute approximate surface area is 251 Å². The number of aryl methyl sites for hydroxylation is 1. The summed E-state index contributed by atoms with van der Waals surface area (Å²) in [6.07, 6.45) is 8.68. The Morgan fingerprint density at radius 1 is 1.28 bits per heavy atom. The fraction of sp³-hybridized carbons (Fsp3) is 0.562. The van der Waals surface area contributed by atoms with Crippen LogP contribution in [0.15, 0.2) is 41.7 Å². The smallest absolute Gasteiger partial charge is 0.343 e. The molecule has 1 saturated heterocycles. The molecule has 0 radical (unpaired) electrons. The first-order chi connectivity index (χ1) is 20.5. The van der Waals surface area contributed by atoms with Crippen LogP contribution in [0.1, 0.15) is 50.8 Å². The highest BCUT2D eigenvalue weighted by atomic mass is 16.5. The number of esters is 1. The minimum Gasteiger partial charge on any atom is -0.423 e. The van der Waals surface area contributed by atoms with Crippen molar-refractivity contribution >= 4 is 29.5 Å². The van der Waals surface area contributed by atoms with Gasteiger partial charge in [-0.25, -0.2) is 4.79 Å². The maximum Gasteiger partial charge on any atom is 0.343 e. The third-order valence-corrected chi connectivity index (χ3v) is 10.6. The highest BCUT2D eigenvalue weighted by Crippen LogP contribution is 2.62. The van der Waals surface area contributed by atoms with Gasteiger partial charge in [0.1, 0.15) is 17.3 Å². The van der Waals surface area contributed by atoms with Crippen molar-refractivity contribution in [3.8, 4) is 0 Å². The van der Waals surface area contributed by atoms with Crippen molar-refractivity contribution in [2.24, 2.45) is 29.7 Å². The molecule has 1 aromatic rings. The van der Waals surface area contributed by atoms with E-state index in [1.165, 1.54) is 4.68 Å². The number of nitrogens with one attached hydrogen (secondary N) is 2. The Kier molecular flexibility index (Phi) is 7.56. The number of hydrogen-bond acceptors (Lipinski definition) is 9. The quantitative estimate of drug-likeness (QED) is 0.302. The molecule has 5 aliphatic rings. The fourth-order valence-electron chi connectivity index (χ4n) is 8.13. The molecule has 1 aromatic heterocycles. The number of fused-ring (bicyclic) bond motifs is 2. The van der Waals surface area contributed by atoms with E-state index in [9.17, 15) is 19.8 Å².